The number of carbonyl (C=O) groups excluding carboxylic acids is 2. The zero-order valence-electron chi connectivity index (χ0n) is 27.7. The Morgan fingerprint density at radius 3 is 1.70 bits per heavy atom. The summed E-state index contributed by atoms with van der Waals surface area (Å²) in [5.74, 6) is -1.91. The third-order valence-electron chi connectivity index (χ3n) is 6.20. The van der Waals surface area contributed by atoms with Crippen molar-refractivity contribution < 1.29 is 38.5 Å². The molecule has 1 N–H and O–H groups in total. The Hall–Kier alpha value is -2.78. The molecule has 0 rings (SSSR count). The van der Waals surface area contributed by atoms with Crippen LogP contribution in [-0.2, 0) is 23.8 Å². The first kappa shape index (κ1) is 41.2. The summed E-state index contributed by atoms with van der Waals surface area (Å²) in [5.41, 5.74) is 0. The number of hydrogen-bond donors (Lipinski definition) is 1. The molecule has 0 amide bonds. The second-order valence-electron chi connectivity index (χ2n) is 11.6. The van der Waals surface area contributed by atoms with Gasteiger partial charge in [0.1, 0.15) is 19.3 Å². The topological polar surface area (TPSA) is 105 Å². The summed E-state index contributed by atoms with van der Waals surface area (Å²) in [4.78, 5) is 23.1. The van der Waals surface area contributed by atoms with Crippen molar-refractivity contribution in [1.82, 2.24) is 0 Å². The number of quaternary nitrogens is 1. The number of ether oxygens (including phenoxy) is 3. The Morgan fingerprint density at radius 2 is 1.20 bits per heavy atom. The number of rotatable bonds is 28. The van der Waals surface area contributed by atoms with Gasteiger partial charge < -0.3 is 33.7 Å². The van der Waals surface area contributed by atoms with Crippen LogP contribution in [0.15, 0.2) is 72.9 Å². The van der Waals surface area contributed by atoms with Gasteiger partial charge in [-0.2, -0.15) is 0 Å². The normalized spacial score (nSPS) is 14.3. The van der Waals surface area contributed by atoms with E-state index in [0.717, 1.165) is 70.6 Å². The fraction of sp³-hybridized carbons (Fsp3) is 0.611. The number of carboxylic acids is 1. The average molecular weight is 618 g/mol. The molecule has 8 nitrogen and oxygen atoms in total. The maximum absolute atomic E-state index is 11.9. The van der Waals surface area contributed by atoms with Gasteiger partial charge in [-0.05, 0) is 57.8 Å². The highest BCUT2D eigenvalue weighted by Crippen LogP contribution is 2.08. The number of carbonyl (C=O) groups is 2. The van der Waals surface area contributed by atoms with Gasteiger partial charge in [0.25, 0.3) is 0 Å². The van der Waals surface area contributed by atoms with Gasteiger partial charge in [-0.25, -0.2) is 0 Å². The van der Waals surface area contributed by atoms with Crippen molar-refractivity contribution in [3.63, 3.8) is 0 Å². The van der Waals surface area contributed by atoms with E-state index >= 15 is 0 Å². The fourth-order valence-electron chi connectivity index (χ4n) is 3.65. The zero-order chi connectivity index (χ0) is 32.7. The maximum atomic E-state index is 11.9. The molecule has 0 aliphatic carbocycles. The van der Waals surface area contributed by atoms with Crippen LogP contribution in [0, 0.1) is 0 Å². The molecule has 0 aromatic heterocycles. The summed E-state index contributed by atoms with van der Waals surface area (Å²) in [6.07, 6.45) is 34.7. The number of aliphatic carboxylic acids is 1. The minimum Gasteiger partial charge on any atom is -0.545 e. The standard InChI is InChI=1S/C36H59NO7/c1-5-6-7-8-9-10-11-12-13-14-15-16-17-18-19-20-21-22-23-24-25-26-27-28-34(39)43-31-33(38)32-44-36(35(40)41)42-30-29-37(2,3)4/h6-7,9-10,12-13,15-16,18-19,21-22,33,36,38H,5,8,11,14,17,20,23-32H2,1-4H3/b7-6-,10-9-,13-12-,16-15-,19-18-,22-21-. The summed E-state index contributed by atoms with van der Waals surface area (Å²) >= 11 is 0. The van der Waals surface area contributed by atoms with Crippen LogP contribution in [0.5, 0.6) is 0 Å². The van der Waals surface area contributed by atoms with Gasteiger partial charge in [0.15, 0.2) is 6.29 Å². The Balaban J connectivity index is 3.72. The van der Waals surface area contributed by atoms with Crippen molar-refractivity contribution in [1.29, 1.82) is 0 Å². The van der Waals surface area contributed by atoms with Gasteiger partial charge in [-0.3, -0.25) is 4.79 Å². The first-order valence-electron chi connectivity index (χ1n) is 16.1. The maximum Gasteiger partial charge on any atom is 0.305 e. The Morgan fingerprint density at radius 1 is 0.705 bits per heavy atom. The Kier molecular flexibility index (Phi) is 27.1. The third-order valence-corrected chi connectivity index (χ3v) is 6.20. The number of carboxylic acid groups (broad SMARTS) is 1. The lowest BCUT2D eigenvalue weighted by atomic mass is 10.1. The third kappa shape index (κ3) is 30.7. The molecule has 250 valence electrons. The van der Waals surface area contributed by atoms with Crippen molar-refractivity contribution >= 4 is 11.9 Å². The predicted octanol–water partition coefficient (Wildman–Crippen LogP) is 5.74. The number of likely N-dealkylation sites (N-methyl/N-ethyl adjacent to an activating group) is 1. The van der Waals surface area contributed by atoms with Crippen LogP contribution < -0.4 is 5.11 Å². The molecule has 0 saturated heterocycles. The van der Waals surface area contributed by atoms with E-state index in [4.69, 9.17) is 14.2 Å². The van der Waals surface area contributed by atoms with Gasteiger partial charge in [-0.1, -0.05) is 92.7 Å². The van der Waals surface area contributed by atoms with Crippen LogP contribution in [0.25, 0.3) is 0 Å². The molecule has 2 atom stereocenters. The molecule has 0 spiro atoms. The molecular formula is C36H59NO7. The van der Waals surface area contributed by atoms with Gasteiger partial charge in [-0.15, -0.1) is 0 Å². The summed E-state index contributed by atoms with van der Waals surface area (Å²) in [5, 5.41) is 21.1. The minimum absolute atomic E-state index is 0.161. The lowest BCUT2D eigenvalue weighted by molar-refractivity contribution is -0.870. The van der Waals surface area contributed by atoms with Crippen LogP contribution in [0.2, 0.25) is 0 Å². The van der Waals surface area contributed by atoms with Crippen LogP contribution in [-0.4, -0.2) is 81.4 Å². The van der Waals surface area contributed by atoms with E-state index in [2.05, 4.69) is 79.8 Å². The van der Waals surface area contributed by atoms with E-state index in [1.807, 2.05) is 21.1 Å². The van der Waals surface area contributed by atoms with Gasteiger partial charge in [0.2, 0.25) is 0 Å². The molecule has 2 unspecified atom stereocenters. The summed E-state index contributed by atoms with van der Waals surface area (Å²) in [6, 6.07) is 0. The lowest BCUT2D eigenvalue weighted by Crippen LogP contribution is -2.44. The molecule has 0 aromatic carbocycles. The van der Waals surface area contributed by atoms with Crippen LogP contribution in [0.1, 0.15) is 84.0 Å². The average Bonchev–Trinajstić information content (AvgIpc) is 2.97. The second kappa shape index (κ2) is 29.0. The number of nitrogens with zero attached hydrogens (tertiary/aromatic N) is 1. The zero-order valence-corrected chi connectivity index (χ0v) is 27.7. The Bertz CT molecular complexity index is 897. The SMILES string of the molecule is CC/C=C\C/C=C\C/C=C\C/C=C\C/C=C\C/C=C\CCCCCCC(=O)OCC(O)COC(OCC[N+](C)(C)C)C(=O)[O-]. The molecule has 44 heavy (non-hydrogen) atoms. The van der Waals surface area contributed by atoms with Crippen LogP contribution >= 0.6 is 0 Å². The highest BCUT2D eigenvalue weighted by molar-refractivity contribution is 5.69. The number of esters is 1. The molecule has 0 bridgehead atoms. The number of allylic oxidation sites excluding steroid dienone is 12. The van der Waals surface area contributed by atoms with Crippen molar-refractivity contribution in [2.75, 3.05) is 47.5 Å². The van der Waals surface area contributed by atoms with E-state index in [-0.39, 0.29) is 26.2 Å². The van der Waals surface area contributed by atoms with E-state index in [9.17, 15) is 19.8 Å². The predicted molar refractivity (Wildman–Crippen MR) is 176 cm³/mol. The minimum atomic E-state index is -1.58. The van der Waals surface area contributed by atoms with E-state index in [1.165, 1.54) is 0 Å². The highest BCUT2D eigenvalue weighted by atomic mass is 16.7. The van der Waals surface area contributed by atoms with Crippen molar-refractivity contribution in [2.45, 2.75) is 96.4 Å². The van der Waals surface area contributed by atoms with Crippen LogP contribution in [0.4, 0.5) is 0 Å². The lowest BCUT2D eigenvalue weighted by Gasteiger charge is -2.26. The van der Waals surface area contributed by atoms with Crippen LogP contribution in [0.3, 0.4) is 0 Å². The smallest absolute Gasteiger partial charge is 0.305 e. The molecule has 8 heteroatoms. The summed E-state index contributed by atoms with van der Waals surface area (Å²) in [6.45, 7) is 2.28. The van der Waals surface area contributed by atoms with Gasteiger partial charge in [0, 0.05) is 6.42 Å². The number of aliphatic hydroxyl groups is 1. The van der Waals surface area contributed by atoms with Gasteiger partial charge >= 0.3 is 5.97 Å². The number of hydrogen-bond acceptors (Lipinski definition) is 7. The fourth-order valence-corrected chi connectivity index (χ4v) is 3.65. The quantitative estimate of drug-likeness (QED) is 0.0392. The first-order valence-corrected chi connectivity index (χ1v) is 16.1. The second-order valence-corrected chi connectivity index (χ2v) is 11.6. The number of unbranched alkanes of at least 4 members (excludes halogenated alkanes) is 4. The van der Waals surface area contributed by atoms with Crippen molar-refractivity contribution in [3.05, 3.63) is 72.9 Å². The van der Waals surface area contributed by atoms with E-state index in [1.54, 1.807) is 0 Å². The molecule has 0 heterocycles. The summed E-state index contributed by atoms with van der Waals surface area (Å²) in [7, 11) is 5.85. The monoisotopic (exact) mass is 617 g/mol. The molecule has 0 aliphatic heterocycles. The van der Waals surface area contributed by atoms with E-state index in [0.29, 0.717) is 11.0 Å². The van der Waals surface area contributed by atoms with Crippen molar-refractivity contribution in [3.8, 4) is 0 Å². The molecular weight excluding hydrogens is 558 g/mol. The largest absolute Gasteiger partial charge is 0.545 e. The number of aliphatic hydroxyl groups excluding tert-OH is 1. The van der Waals surface area contributed by atoms with Gasteiger partial charge in [0.05, 0.1) is 40.3 Å². The first-order chi connectivity index (χ1) is 21.2. The molecule has 0 aliphatic rings. The molecule has 0 saturated carbocycles. The molecule has 0 aromatic rings. The highest BCUT2D eigenvalue weighted by Gasteiger charge is 2.17. The Labute approximate surface area is 267 Å². The summed E-state index contributed by atoms with van der Waals surface area (Å²) < 4.78 is 15.9. The van der Waals surface area contributed by atoms with E-state index < -0.39 is 24.3 Å². The van der Waals surface area contributed by atoms with Crippen molar-refractivity contribution in [2.24, 2.45) is 0 Å². The molecule has 0 fully saturated rings. The molecule has 0 radical (unpaired) electrons.